The van der Waals surface area contributed by atoms with E-state index in [0.29, 0.717) is 16.5 Å². The smallest absolute Gasteiger partial charge is 0.258 e. The van der Waals surface area contributed by atoms with Crippen LogP contribution in [0.5, 0.6) is 0 Å². The van der Waals surface area contributed by atoms with Crippen molar-refractivity contribution in [2.45, 2.75) is 24.8 Å². The molecule has 0 fully saturated rings. The number of nitrogens with zero attached hydrogens (tertiary/aromatic N) is 5. The van der Waals surface area contributed by atoms with E-state index >= 15 is 0 Å². The van der Waals surface area contributed by atoms with E-state index in [1.165, 1.54) is 23.4 Å². The number of para-hydroxylation sites is 1. The van der Waals surface area contributed by atoms with Gasteiger partial charge in [0.1, 0.15) is 0 Å². The van der Waals surface area contributed by atoms with Crippen LogP contribution in [0, 0.1) is 24.0 Å². The Bertz CT molecular complexity index is 894. The number of thioether (sulfide) groups is 1. The third-order valence-electron chi connectivity index (χ3n) is 3.57. The lowest BCUT2D eigenvalue weighted by atomic mass is 10.1. The minimum Gasteiger partial charge on any atom is -0.258 e. The average molecular weight is 341 g/mol. The van der Waals surface area contributed by atoms with E-state index in [-0.39, 0.29) is 10.6 Å². The second kappa shape index (κ2) is 6.79. The van der Waals surface area contributed by atoms with Crippen molar-refractivity contribution in [3.63, 3.8) is 0 Å². The third kappa shape index (κ3) is 3.28. The first-order valence-corrected chi connectivity index (χ1v) is 8.26. The summed E-state index contributed by atoms with van der Waals surface area (Å²) in [5, 5.41) is 23.5. The molecule has 2 aromatic carbocycles. The number of aryl methyl sites for hydroxylation is 2. The van der Waals surface area contributed by atoms with Crippen molar-refractivity contribution in [3.8, 4) is 5.69 Å². The Labute approximate surface area is 142 Å². The molecule has 0 spiro atoms. The number of nitro benzene ring substituents is 1. The van der Waals surface area contributed by atoms with Crippen LogP contribution in [0.4, 0.5) is 5.69 Å². The van der Waals surface area contributed by atoms with Gasteiger partial charge in [0.25, 0.3) is 5.69 Å². The minimum atomic E-state index is -0.372. The topological polar surface area (TPSA) is 86.7 Å². The number of aromatic nitrogens is 4. The zero-order valence-corrected chi connectivity index (χ0v) is 14.0. The summed E-state index contributed by atoms with van der Waals surface area (Å²) in [6.07, 6.45) is 0. The van der Waals surface area contributed by atoms with Crippen molar-refractivity contribution >= 4 is 17.4 Å². The van der Waals surface area contributed by atoms with Crippen molar-refractivity contribution < 1.29 is 4.92 Å². The lowest BCUT2D eigenvalue weighted by Gasteiger charge is -2.08. The van der Waals surface area contributed by atoms with Gasteiger partial charge in [0.15, 0.2) is 0 Å². The molecule has 8 heteroatoms. The third-order valence-corrected chi connectivity index (χ3v) is 4.53. The molecule has 122 valence electrons. The maximum atomic E-state index is 11.1. The van der Waals surface area contributed by atoms with Gasteiger partial charge < -0.3 is 0 Å². The summed E-state index contributed by atoms with van der Waals surface area (Å²) < 4.78 is 1.66. The van der Waals surface area contributed by atoms with Gasteiger partial charge in [-0.25, -0.2) is 0 Å². The molecule has 7 nitrogen and oxygen atoms in total. The van der Waals surface area contributed by atoms with Crippen LogP contribution in [0.3, 0.4) is 0 Å². The molecule has 0 radical (unpaired) electrons. The highest BCUT2D eigenvalue weighted by molar-refractivity contribution is 7.98. The molecule has 0 amide bonds. The molecule has 1 aromatic heterocycles. The van der Waals surface area contributed by atoms with Crippen LogP contribution in [-0.4, -0.2) is 25.1 Å². The Morgan fingerprint density at radius 1 is 1.21 bits per heavy atom. The van der Waals surface area contributed by atoms with Crippen LogP contribution in [-0.2, 0) is 5.75 Å². The molecule has 0 aliphatic heterocycles. The predicted octanol–water partition coefficient (Wildman–Crippen LogP) is 3.48. The van der Waals surface area contributed by atoms with E-state index in [9.17, 15) is 10.1 Å². The first kappa shape index (κ1) is 16.1. The van der Waals surface area contributed by atoms with Crippen molar-refractivity contribution in [3.05, 3.63) is 69.3 Å². The number of nitro groups is 1. The van der Waals surface area contributed by atoms with Gasteiger partial charge in [0, 0.05) is 17.4 Å². The molecule has 0 saturated heterocycles. The molecule has 0 aliphatic carbocycles. The predicted molar refractivity (Wildman–Crippen MR) is 91.3 cm³/mol. The standard InChI is InChI=1S/C16H15N5O2S/c1-11-7-8-14(12(2)9-11)20-16(17-18-19-20)24-10-13-5-3-4-6-15(13)21(22)23/h3-9H,10H2,1-2H3. The lowest BCUT2D eigenvalue weighted by molar-refractivity contribution is -0.385. The molecule has 3 rings (SSSR count). The molecule has 0 bridgehead atoms. The second-order valence-electron chi connectivity index (χ2n) is 5.34. The van der Waals surface area contributed by atoms with Crippen LogP contribution in [0.25, 0.3) is 5.69 Å². The van der Waals surface area contributed by atoms with Gasteiger partial charge >= 0.3 is 0 Å². The van der Waals surface area contributed by atoms with Gasteiger partial charge in [-0.2, -0.15) is 4.68 Å². The molecule has 24 heavy (non-hydrogen) atoms. The fourth-order valence-electron chi connectivity index (χ4n) is 2.42. The molecule has 0 unspecified atom stereocenters. The Morgan fingerprint density at radius 2 is 2.00 bits per heavy atom. The molecular weight excluding hydrogens is 326 g/mol. The van der Waals surface area contributed by atoms with Crippen molar-refractivity contribution in [1.29, 1.82) is 0 Å². The Kier molecular flexibility index (Phi) is 4.57. The van der Waals surface area contributed by atoms with E-state index in [0.717, 1.165) is 11.3 Å². The average Bonchev–Trinajstić information content (AvgIpc) is 3.01. The zero-order valence-electron chi connectivity index (χ0n) is 13.2. The Morgan fingerprint density at radius 3 is 2.75 bits per heavy atom. The van der Waals surface area contributed by atoms with Crippen LogP contribution in [0.1, 0.15) is 16.7 Å². The van der Waals surface area contributed by atoms with Gasteiger partial charge in [-0.15, -0.1) is 5.10 Å². The Balaban J connectivity index is 1.86. The highest BCUT2D eigenvalue weighted by Gasteiger charge is 2.16. The van der Waals surface area contributed by atoms with Crippen LogP contribution in [0.2, 0.25) is 0 Å². The van der Waals surface area contributed by atoms with Crippen molar-refractivity contribution in [2.75, 3.05) is 0 Å². The summed E-state index contributed by atoms with van der Waals surface area (Å²) >= 11 is 1.37. The van der Waals surface area contributed by atoms with E-state index in [2.05, 4.69) is 21.6 Å². The van der Waals surface area contributed by atoms with E-state index in [1.807, 2.05) is 26.0 Å². The minimum absolute atomic E-state index is 0.107. The van der Waals surface area contributed by atoms with E-state index in [4.69, 9.17) is 0 Å². The largest absolute Gasteiger partial charge is 0.273 e. The fraction of sp³-hybridized carbons (Fsp3) is 0.188. The number of benzene rings is 2. The van der Waals surface area contributed by atoms with Gasteiger partial charge in [0.2, 0.25) is 5.16 Å². The number of rotatable bonds is 5. The van der Waals surface area contributed by atoms with Gasteiger partial charge in [-0.05, 0) is 35.9 Å². The molecule has 3 aromatic rings. The molecule has 0 atom stereocenters. The van der Waals surface area contributed by atoms with Crippen LogP contribution < -0.4 is 0 Å². The fourth-order valence-corrected chi connectivity index (χ4v) is 3.30. The zero-order chi connectivity index (χ0) is 17.1. The van der Waals surface area contributed by atoms with Gasteiger partial charge in [0.05, 0.1) is 10.6 Å². The summed E-state index contributed by atoms with van der Waals surface area (Å²) in [6.45, 7) is 4.03. The number of hydrogen-bond donors (Lipinski definition) is 0. The summed E-state index contributed by atoms with van der Waals surface area (Å²) in [5.74, 6) is 0.419. The highest BCUT2D eigenvalue weighted by Crippen LogP contribution is 2.28. The Hall–Kier alpha value is -2.74. The molecular formula is C16H15N5O2S. The van der Waals surface area contributed by atoms with Crippen molar-refractivity contribution in [2.24, 2.45) is 0 Å². The molecule has 0 aliphatic rings. The van der Waals surface area contributed by atoms with Crippen LogP contribution >= 0.6 is 11.8 Å². The highest BCUT2D eigenvalue weighted by atomic mass is 32.2. The quantitative estimate of drug-likeness (QED) is 0.401. The van der Waals surface area contributed by atoms with Crippen molar-refractivity contribution in [1.82, 2.24) is 20.2 Å². The van der Waals surface area contributed by atoms with Crippen LogP contribution in [0.15, 0.2) is 47.6 Å². The number of tetrazole rings is 1. The van der Waals surface area contributed by atoms with E-state index < -0.39 is 0 Å². The molecule has 1 heterocycles. The molecule has 0 saturated carbocycles. The maximum Gasteiger partial charge on any atom is 0.273 e. The first-order chi connectivity index (χ1) is 11.6. The summed E-state index contributed by atoms with van der Waals surface area (Å²) in [6, 6.07) is 12.7. The summed E-state index contributed by atoms with van der Waals surface area (Å²) in [7, 11) is 0. The van der Waals surface area contributed by atoms with Gasteiger partial charge in [-0.1, -0.05) is 47.7 Å². The number of hydrogen-bond acceptors (Lipinski definition) is 6. The monoisotopic (exact) mass is 341 g/mol. The lowest BCUT2D eigenvalue weighted by Crippen LogP contribution is -2.02. The summed E-state index contributed by atoms with van der Waals surface area (Å²) in [5.41, 5.74) is 3.88. The van der Waals surface area contributed by atoms with E-state index in [1.54, 1.807) is 22.9 Å². The second-order valence-corrected chi connectivity index (χ2v) is 6.28. The normalized spacial score (nSPS) is 10.8. The summed E-state index contributed by atoms with van der Waals surface area (Å²) in [4.78, 5) is 10.7. The first-order valence-electron chi connectivity index (χ1n) is 7.27. The maximum absolute atomic E-state index is 11.1. The SMILES string of the molecule is Cc1ccc(-n2nnnc2SCc2ccccc2[N+](=O)[O-])c(C)c1. The van der Waals surface area contributed by atoms with Gasteiger partial charge in [-0.3, -0.25) is 10.1 Å². The molecule has 0 N–H and O–H groups in total.